The van der Waals surface area contributed by atoms with Crippen molar-refractivity contribution in [2.45, 2.75) is 19.4 Å². The van der Waals surface area contributed by atoms with Gasteiger partial charge in [-0.05, 0) is 37.3 Å². The summed E-state index contributed by atoms with van der Waals surface area (Å²) in [5.41, 5.74) is 7.35. The van der Waals surface area contributed by atoms with Crippen LogP contribution in [0, 0.1) is 0 Å². The van der Waals surface area contributed by atoms with Crippen molar-refractivity contribution in [3.63, 3.8) is 0 Å². The lowest BCUT2D eigenvalue weighted by Gasteiger charge is -2.27. The Morgan fingerprint density at radius 1 is 1.30 bits per heavy atom. The van der Waals surface area contributed by atoms with Gasteiger partial charge in [-0.1, -0.05) is 28.1 Å². The summed E-state index contributed by atoms with van der Waals surface area (Å²) in [4.78, 5) is 38.5. The lowest BCUT2D eigenvalue weighted by atomic mass is 10.1. The van der Waals surface area contributed by atoms with E-state index in [0.717, 1.165) is 0 Å². The van der Waals surface area contributed by atoms with Crippen LogP contribution in [0.1, 0.15) is 23.7 Å². The molecule has 2 aromatic rings. The van der Waals surface area contributed by atoms with Crippen molar-refractivity contribution in [2.75, 3.05) is 22.6 Å². The summed E-state index contributed by atoms with van der Waals surface area (Å²) in [7, 11) is 0. The van der Waals surface area contributed by atoms with Gasteiger partial charge in [-0.3, -0.25) is 9.59 Å². The van der Waals surface area contributed by atoms with Crippen LogP contribution in [0.4, 0.5) is 17.1 Å². The summed E-state index contributed by atoms with van der Waals surface area (Å²) in [6.45, 7) is 1.31. The number of benzene rings is 2. The van der Waals surface area contributed by atoms with Crippen molar-refractivity contribution in [3.05, 3.63) is 52.5 Å². The number of fused-ring (bicyclic) bond motifs is 1. The van der Waals surface area contributed by atoms with Crippen LogP contribution in [0.15, 0.2) is 46.9 Å². The summed E-state index contributed by atoms with van der Waals surface area (Å²) in [5, 5.41) is 2.78. The molecule has 0 bridgehead atoms. The number of halogens is 1. The van der Waals surface area contributed by atoms with Crippen LogP contribution < -0.4 is 16.0 Å². The van der Waals surface area contributed by atoms with Gasteiger partial charge >= 0.3 is 5.97 Å². The highest BCUT2D eigenvalue weighted by Gasteiger charge is 2.30. The van der Waals surface area contributed by atoms with E-state index in [0.29, 0.717) is 15.8 Å². The summed E-state index contributed by atoms with van der Waals surface area (Å²) in [6.07, 6.45) is 0.146. The Labute approximate surface area is 164 Å². The van der Waals surface area contributed by atoms with Gasteiger partial charge in [0.05, 0.1) is 16.9 Å². The molecular weight excluding hydrogens is 414 g/mol. The van der Waals surface area contributed by atoms with Crippen LogP contribution in [0.25, 0.3) is 0 Å². The lowest BCUT2D eigenvalue weighted by molar-refractivity contribution is -0.122. The maximum Gasteiger partial charge on any atom is 0.340 e. The number of esters is 1. The van der Waals surface area contributed by atoms with Crippen LogP contribution in [0.3, 0.4) is 0 Å². The first kappa shape index (κ1) is 18.9. The molecule has 2 amide bonds. The third-order valence-corrected chi connectivity index (χ3v) is 4.68. The van der Waals surface area contributed by atoms with Gasteiger partial charge in [0.1, 0.15) is 0 Å². The second-order valence-electron chi connectivity index (χ2n) is 6.19. The molecule has 0 unspecified atom stereocenters. The molecule has 0 spiro atoms. The highest BCUT2D eigenvalue weighted by Crippen LogP contribution is 2.31. The van der Waals surface area contributed by atoms with Crippen molar-refractivity contribution in [1.82, 2.24) is 0 Å². The topological polar surface area (TPSA) is 102 Å². The Morgan fingerprint density at radius 3 is 2.81 bits per heavy atom. The van der Waals surface area contributed by atoms with Gasteiger partial charge in [0.25, 0.3) is 5.91 Å². The summed E-state index contributed by atoms with van der Waals surface area (Å²) < 4.78 is 5.85. The van der Waals surface area contributed by atoms with Gasteiger partial charge in [-0.2, -0.15) is 0 Å². The lowest BCUT2D eigenvalue weighted by Crippen LogP contribution is -2.41. The quantitative estimate of drug-likeness (QED) is 0.574. The maximum absolute atomic E-state index is 12.8. The number of carbonyl (C=O) groups excluding carboxylic acids is 3. The molecule has 3 N–H and O–H groups in total. The second-order valence-corrected chi connectivity index (χ2v) is 7.11. The predicted molar refractivity (Wildman–Crippen MR) is 105 cm³/mol. The number of rotatable bonds is 3. The number of nitrogens with two attached hydrogens (primary N) is 1. The van der Waals surface area contributed by atoms with Crippen LogP contribution in [-0.2, 0) is 14.3 Å². The Hall–Kier alpha value is -2.87. The average Bonchev–Trinajstić information content (AvgIpc) is 2.75. The van der Waals surface area contributed by atoms with Gasteiger partial charge in [-0.25, -0.2) is 4.79 Å². The number of nitrogens with zero attached hydrogens (tertiary/aromatic N) is 1. The normalized spacial score (nSPS) is 16.1. The standard InChI is InChI=1S/C19H18BrN3O4/c1-11-8-17(24)22-15-4-2-3-5-16(15)23(11)18(25)10-27-19(26)13-9-12(20)6-7-14(13)21/h2-7,9,11H,8,10,21H2,1H3,(H,22,24)/t11-/m0/s1. The summed E-state index contributed by atoms with van der Waals surface area (Å²) >= 11 is 3.27. The predicted octanol–water partition coefficient (Wildman–Crippen LogP) is 2.95. The zero-order chi connectivity index (χ0) is 19.6. The number of hydrogen-bond acceptors (Lipinski definition) is 5. The van der Waals surface area contributed by atoms with Crippen molar-refractivity contribution in [3.8, 4) is 0 Å². The van der Waals surface area contributed by atoms with Crippen molar-refractivity contribution >= 4 is 50.8 Å². The molecule has 0 saturated carbocycles. The van der Waals surface area contributed by atoms with Gasteiger partial charge in [0, 0.05) is 22.6 Å². The fourth-order valence-electron chi connectivity index (χ4n) is 2.95. The van der Waals surface area contributed by atoms with E-state index in [1.54, 1.807) is 43.3 Å². The molecule has 0 radical (unpaired) electrons. The third kappa shape index (κ3) is 4.11. The first-order valence-corrected chi connectivity index (χ1v) is 9.09. The molecule has 8 heteroatoms. The zero-order valence-electron chi connectivity index (χ0n) is 14.6. The smallest absolute Gasteiger partial charge is 0.340 e. The molecule has 3 rings (SSSR count). The number of amides is 2. The van der Waals surface area contributed by atoms with E-state index in [2.05, 4.69) is 21.2 Å². The highest BCUT2D eigenvalue weighted by atomic mass is 79.9. The molecule has 0 fully saturated rings. The van der Waals surface area contributed by atoms with Gasteiger partial charge in [-0.15, -0.1) is 0 Å². The number of ether oxygens (including phenoxy) is 1. The highest BCUT2D eigenvalue weighted by molar-refractivity contribution is 9.10. The molecule has 0 aromatic heterocycles. The van der Waals surface area contributed by atoms with Crippen molar-refractivity contribution in [1.29, 1.82) is 0 Å². The average molecular weight is 432 g/mol. The minimum absolute atomic E-state index is 0.146. The minimum Gasteiger partial charge on any atom is -0.452 e. The zero-order valence-corrected chi connectivity index (χ0v) is 16.2. The van der Waals surface area contributed by atoms with E-state index >= 15 is 0 Å². The molecule has 27 heavy (non-hydrogen) atoms. The van der Waals surface area contributed by atoms with Gasteiger partial charge in [0.15, 0.2) is 6.61 Å². The molecule has 1 heterocycles. The fourth-order valence-corrected chi connectivity index (χ4v) is 3.31. The molecule has 1 atom stereocenters. The second kappa shape index (κ2) is 7.79. The van der Waals surface area contributed by atoms with Crippen molar-refractivity contribution in [2.24, 2.45) is 0 Å². The first-order chi connectivity index (χ1) is 12.9. The number of para-hydroxylation sites is 2. The van der Waals surface area contributed by atoms with E-state index in [4.69, 9.17) is 10.5 Å². The largest absolute Gasteiger partial charge is 0.452 e. The molecule has 0 aliphatic carbocycles. The Balaban J connectivity index is 1.78. The summed E-state index contributed by atoms with van der Waals surface area (Å²) in [5.74, 6) is -1.29. The Morgan fingerprint density at radius 2 is 2.04 bits per heavy atom. The SMILES string of the molecule is C[C@H]1CC(=O)Nc2ccccc2N1C(=O)COC(=O)c1cc(Br)ccc1N. The van der Waals surface area contributed by atoms with Crippen LogP contribution >= 0.6 is 15.9 Å². The van der Waals surface area contributed by atoms with E-state index < -0.39 is 18.5 Å². The Kier molecular flexibility index (Phi) is 5.46. The van der Waals surface area contributed by atoms with Crippen LogP contribution in [0.2, 0.25) is 0 Å². The number of carbonyl (C=O) groups is 3. The third-order valence-electron chi connectivity index (χ3n) is 4.19. The maximum atomic E-state index is 12.8. The van der Waals surface area contributed by atoms with Crippen LogP contribution in [0.5, 0.6) is 0 Å². The molecule has 1 aliphatic rings. The van der Waals surface area contributed by atoms with Gasteiger partial charge in [0.2, 0.25) is 5.91 Å². The molecule has 1 aliphatic heterocycles. The van der Waals surface area contributed by atoms with E-state index in [9.17, 15) is 14.4 Å². The molecule has 140 valence electrons. The van der Waals surface area contributed by atoms with E-state index in [-0.39, 0.29) is 29.6 Å². The minimum atomic E-state index is -0.688. The van der Waals surface area contributed by atoms with E-state index in [1.807, 2.05) is 0 Å². The molecule has 7 nitrogen and oxygen atoms in total. The molecule has 0 saturated heterocycles. The molecule has 2 aromatic carbocycles. The van der Waals surface area contributed by atoms with E-state index in [1.165, 1.54) is 11.0 Å². The number of nitrogen functional groups attached to an aromatic ring is 1. The van der Waals surface area contributed by atoms with Crippen LogP contribution in [-0.4, -0.2) is 30.4 Å². The monoisotopic (exact) mass is 431 g/mol. The number of anilines is 3. The van der Waals surface area contributed by atoms with Crippen molar-refractivity contribution < 1.29 is 19.1 Å². The Bertz CT molecular complexity index is 916. The summed E-state index contributed by atoms with van der Waals surface area (Å²) in [6, 6.07) is 11.4. The first-order valence-electron chi connectivity index (χ1n) is 8.30. The number of nitrogens with one attached hydrogen (secondary N) is 1. The fraction of sp³-hybridized carbons (Fsp3) is 0.211. The molecular formula is C19H18BrN3O4. The number of hydrogen-bond donors (Lipinski definition) is 2. The van der Waals surface area contributed by atoms with Gasteiger partial charge < -0.3 is 20.7 Å².